The second kappa shape index (κ2) is 42.3. The standard InChI is InChI=1S/2C14H27N3O5.2CO2.2CH4/c2*1-10(2)15-8-4-3-6-11(13(20)21)17-14(22)16-9-5-7-12(18)19;2*2-1-3;;/h2*10-11,15H,3-9H2,1-2H3,(H,18,19)(H,20,21)(H2,16,17,22);;;2*1H4/t2*11-;;;;/m10..../s1. The quantitative estimate of drug-likeness (QED) is 0.0626. The molecule has 0 aromatic rings. The van der Waals surface area contributed by atoms with Crippen LogP contribution in [0.25, 0.3) is 0 Å². The molecule has 0 aliphatic heterocycles. The summed E-state index contributed by atoms with van der Waals surface area (Å²) < 4.78 is 0. The molecule has 0 aromatic carbocycles. The van der Waals surface area contributed by atoms with Crippen LogP contribution >= 0.6 is 0 Å². The highest BCUT2D eigenvalue weighted by molar-refractivity contribution is 5.83. The van der Waals surface area contributed by atoms with E-state index >= 15 is 0 Å². The minimum absolute atomic E-state index is 0. The van der Waals surface area contributed by atoms with Gasteiger partial charge in [0.2, 0.25) is 0 Å². The van der Waals surface area contributed by atoms with Crippen LogP contribution in [-0.4, -0.2) is 119 Å². The number of nitrogens with one attached hydrogen (secondary N) is 6. The van der Waals surface area contributed by atoms with Gasteiger partial charge in [0.05, 0.1) is 0 Å². The lowest BCUT2D eigenvalue weighted by Gasteiger charge is -2.15. The lowest BCUT2D eigenvalue weighted by Crippen LogP contribution is -2.46. The molecule has 0 radical (unpaired) electrons. The molecular weight excluding hydrogens is 692 g/mol. The fourth-order valence-electron chi connectivity index (χ4n) is 3.54. The van der Waals surface area contributed by atoms with E-state index < -0.39 is 48.0 Å². The van der Waals surface area contributed by atoms with E-state index in [2.05, 4.69) is 31.9 Å². The zero-order chi connectivity index (χ0) is 39.3. The van der Waals surface area contributed by atoms with Gasteiger partial charge in [0.25, 0.3) is 0 Å². The zero-order valence-electron chi connectivity index (χ0n) is 29.1. The Morgan fingerprint density at radius 3 is 1.02 bits per heavy atom. The van der Waals surface area contributed by atoms with Gasteiger partial charge in [0.15, 0.2) is 0 Å². The Bertz CT molecular complexity index is 951. The Kier molecular flexibility index (Phi) is 48.2. The highest BCUT2D eigenvalue weighted by atomic mass is 16.4. The third-order valence-electron chi connectivity index (χ3n) is 5.86. The molecular formula is C32H62N6O14. The number of unbranched alkanes of at least 4 members (excludes halogenated alkanes) is 2. The second-order valence-corrected chi connectivity index (χ2v) is 11.0. The summed E-state index contributed by atoms with van der Waals surface area (Å²) in [5.41, 5.74) is 0. The molecule has 0 saturated carbocycles. The summed E-state index contributed by atoms with van der Waals surface area (Å²) >= 11 is 0. The van der Waals surface area contributed by atoms with Crippen molar-refractivity contribution in [2.75, 3.05) is 26.2 Å². The van der Waals surface area contributed by atoms with Gasteiger partial charge in [-0.25, -0.2) is 19.2 Å². The molecule has 52 heavy (non-hydrogen) atoms. The van der Waals surface area contributed by atoms with E-state index in [1.54, 1.807) is 0 Å². The molecule has 0 fully saturated rings. The molecule has 0 spiro atoms. The van der Waals surface area contributed by atoms with Crippen molar-refractivity contribution < 1.29 is 68.4 Å². The molecule has 0 unspecified atom stereocenters. The van der Waals surface area contributed by atoms with Crippen molar-refractivity contribution in [1.82, 2.24) is 31.9 Å². The molecule has 0 bridgehead atoms. The van der Waals surface area contributed by atoms with Gasteiger partial charge in [-0.1, -0.05) is 42.5 Å². The first-order valence-electron chi connectivity index (χ1n) is 15.9. The number of carboxylic acids is 4. The van der Waals surface area contributed by atoms with E-state index in [1.165, 1.54) is 0 Å². The van der Waals surface area contributed by atoms with Crippen LogP contribution in [0.5, 0.6) is 0 Å². The Morgan fingerprint density at radius 2 is 0.788 bits per heavy atom. The van der Waals surface area contributed by atoms with Gasteiger partial charge in [-0.15, -0.1) is 0 Å². The lowest BCUT2D eigenvalue weighted by molar-refractivity contribution is -0.193. The van der Waals surface area contributed by atoms with Gasteiger partial charge in [-0.3, -0.25) is 9.59 Å². The summed E-state index contributed by atoms with van der Waals surface area (Å²) in [6.45, 7) is 10.2. The number of amides is 4. The van der Waals surface area contributed by atoms with E-state index in [0.29, 0.717) is 50.6 Å². The summed E-state index contributed by atoms with van der Waals surface area (Å²) in [4.78, 5) is 98.4. The minimum atomic E-state index is -1.07. The van der Waals surface area contributed by atoms with Crippen molar-refractivity contribution in [2.24, 2.45) is 0 Å². The highest BCUT2D eigenvalue weighted by Crippen LogP contribution is 2.03. The first-order chi connectivity index (χ1) is 23.5. The maximum Gasteiger partial charge on any atom is 0.373 e. The van der Waals surface area contributed by atoms with Crippen LogP contribution in [0, 0.1) is 0 Å². The predicted octanol–water partition coefficient (Wildman–Crippen LogP) is 1.65. The summed E-state index contributed by atoms with van der Waals surface area (Å²) in [7, 11) is 0. The third kappa shape index (κ3) is 51.9. The topological polar surface area (TPSA) is 324 Å². The van der Waals surface area contributed by atoms with Crippen molar-refractivity contribution in [3.63, 3.8) is 0 Å². The Hall–Kier alpha value is -4.90. The average Bonchev–Trinajstić information content (AvgIpc) is 3.00. The van der Waals surface area contributed by atoms with Gasteiger partial charge < -0.3 is 52.3 Å². The van der Waals surface area contributed by atoms with Crippen LogP contribution in [0.15, 0.2) is 0 Å². The summed E-state index contributed by atoms with van der Waals surface area (Å²) in [6, 6.07) is -2.25. The van der Waals surface area contributed by atoms with E-state index in [1.807, 2.05) is 27.7 Å². The molecule has 0 heterocycles. The molecule has 0 aliphatic rings. The molecule has 10 N–H and O–H groups in total. The number of carbonyl (C=O) groups excluding carboxylic acids is 6. The summed E-state index contributed by atoms with van der Waals surface area (Å²) in [5.74, 6) is -4.00. The van der Waals surface area contributed by atoms with Crippen LogP contribution in [0.4, 0.5) is 9.59 Å². The van der Waals surface area contributed by atoms with Crippen molar-refractivity contribution in [2.45, 2.75) is 131 Å². The zero-order valence-corrected chi connectivity index (χ0v) is 29.1. The summed E-state index contributed by atoms with van der Waals surface area (Å²) in [6.07, 6.45) is 4.81. The number of aliphatic carboxylic acids is 4. The highest BCUT2D eigenvalue weighted by Gasteiger charge is 2.20. The van der Waals surface area contributed by atoms with Crippen LogP contribution < -0.4 is 31.9 Å². The fraction of sp³-hybridized carbons (Fsp3) is 0.750. The molecule has 304 valence electrons. The van der Waals surface area contributed by atoms with Crippen molar-refractivity contribution in [3.05, 3.63) is 0 Å². The Balaban J connectivity index is -0.000000170. The molecule has 20 heteroatoms. The number of hydrogen-bond donors (Lipinski definition) is 10. The van der Waals surface area contributed by atoms with Crippen molar-refractivity contribution in [1.29, 1.82) is 0 Å². The maximum absolute atomic E-state index is 11.5. The number of hydrogen-bond acceptors (Lipinski definition) is 12. The van der Waals surface area contributed by atoms with Gasteiger partial charge in [-0.2, -0.15) is 19.2 Å². The number of urea groups is 2. The molecule has 0 rings (SSSR count). The number of rotatable bonds is 24. The Labute approximate surface area is 305 Å². The normalized spacial score (nSPS) is 10.4. The first kappa shape index (κ1) is 59.3. The lowest BCUT2D eigenvalue weighted by atomic mass is 10.1. The van der Waals surface area contributed by atoms with E-state index in [4.69, 9.17) is 39.6 Å². The molecule has 2 atom stereocenters. The minimum Gasteiger partial charge on any atom is -0.481 e. The second-order valence-electron chi connectivity index (χ2n) is 11.0. The van der Waals surface area contributed by atoms with Crippen LogP contribution in [0.2, 0.25) is 0 Å². The average molecular weight is 755 g/mol. The van der Waals surface area contributed by atoms with Gasteiger partial charge in [0, 0.05) is 38.0 Å². The van der Waals surface area contributed by atoms with E-state index in [-0.39, 0.29) is 53.1 Å². The van der Waals surface area contributed by atoms with Crippen LogP contribution in [0.1, 0.15) is 107 Å². The monoisotopic (exact) mass is 754 g/mol. The van der Waals surface area contributed by atoms with Crippen molar-refractivity contribution >= 4 is 48.2 Å². The predicted molar refractivity (Wildman–Crippen MR) is 187 cm³/mol. The molecule has 0 saturated heterocycles. The molecule has 0 aliphatic carbocycles. The van der Waals surface area contributed by atoms with Gasteiger partial charge in [-0.05, 0) is 64.5 Å². The number of carboxylic acid groups (broad SMARTS) is 4. The van der Waals surface area contributed by atoms with Gasteiger partial charge in [0.1, 0.15) is 12.1 Å². The molecule has 0 aromatic heterocycles. The largest absolute Gasteiger partial charge is 0.481 e. The smallest absolute Gasteiger partial charge is 0.373 e. The first-order valence-corrected chi connectivity index (χ1v) is 15.9. The van der Waals surface area contributed by atoms with E-state index in [0.717, 1.165) is 25.9 Å². The fourth-order valence-corrected chi connectivity index (χ4v) is 3.54. The SMILES string of the molecule is C.C.CC(C)NCCCC[C@@H](NC(=O)NCCCC(=O)O)C(=O)O.CC(C)NCCCC[C@H](NC(=O)NCCCC(=O)O)C(=O)O.O=C=O.O=C=O. The number of carbonyl (C=O) groups is 6. The molecule has 4 amide bonds. The Morgan fingerprint density at radius 1 is 0.500 bits per heavy atom. The van der Waals surface area contributed by atoms with E-state index in [9.17, 15) is 28.8 Å². The third-order valence-corrected chi connectivity index (χ3v) is 5.86. The maximum atomic E-state index is 11.5. The molecule has 20 nitrogen and oxygen atoms in total. The van der Waals surface area contributed by atoms with Crippen LogP contribution in [-0.2, 0) is 38.4 Å². The van der Waals surface area contributed by atoms with Crippen molar-refractivity contribution in [3.8, 4) is 0 Å². The van der Waals surface area contributed by atoms with Crippen LogP contribution in [0.3, 0.4) is 0 Å². The van der Waals surface area contributed by atoms with Gasteiger partial charge >= 0.3 is 48.2 Å². The summed E-state index contributed by atoms with van der Waals surface area (Å²) in [5, 5.41) is 51.2.